The van der Waals surface area contributed by atoms with Gasteiger partial charge in [0.05, 0.1) is 19.8 Å². The molecule has 2 aromatic rings. The minimum absolute atomic E-state index is 0. The molecule has 2 heterocycles. The largest absolute Gasteiger partial charge is 0.379 e. The van der Waals surface area contributed by atoms with Crippen LogP contribution in [0.2, 0.25) is 0 Å². The Morgan fingerprint density at radius 1 is 1.25 bits per heavy atom. The zero-order valence-corrected chi connectivity index (χ0v) is 17.1. The molecule has 3 N–H and O–H groups in total. The normalized spacial score (nSPS) is 12.9. The number of amides is 1. The Kier molecular flexibility index (Phi) is 9.43. The van der Waals surface area contributed by atoms with Crippen molar-refractivity contribution in [3.63, 3.8) is 0 Å². The first-order chi connectivity index (χ1) is 13.3. The third kappa shape index (κ3) is 6.31. The highest BCUT2D eigenvalue weighted by atomic mass is 35.5. The van der Waals surface area contributed by atoms with Gasteiger partial charge >= 0.3 is 0 Å². The fraction of sp³-hybridized carbons (Fsp3) is 0.500. The van der Waals surface area contributed by atoms with Crippen LogP contribution < -0.4 is 10.6 Å². The second-order valence-corrected chi connectivity index (χ2v) is 6.63. The van der Waals surface area contributed by atoms with E-state index in [-0.39, 0.29) is 18.3 Å². The van der Waals surface area contributed by atoms with Crippen molar-refractivity contribution >= 4 is 24.0 Å². The number of carbonyl (C=O) groups excluding carboxylic acids is 1. The van der Waals surface area contributed by atoms with Gasteiger partial charge < -0.3 is 20.1 Å². The van der Waals surface area contributed by atoms with Crippen LogP contribution in [0.4, 0.5) is 5.69 Å². The van der Waals surface area contributed by atoms with E-state index in [0.29, 0.717) is 32.1 Å². The Labute approximate surface area is 172 Å². The summed E-state index contributed by atoms with van der Waals surface area (Å²) in [5.74, 6) is -0.196. The molecule has 0 radical (unpaired) electrons. The van der Waals surface area contributed by atoms with E-state index in [1.807, 2.05) is 24.3 Å². The standard InChI is InChI=1S/C20H28N4O3.ClH/c1-2-3-9-26-10-11-27-14-15-5-4-6-16(12-15)22-20(25)19-17-13-21-8-7-18(17)23-24-19;/h4-6,12,21H,2-3,7-11,13-14H2,1H3,(H,22,25)(H,23,24);1H. The van der Waals surface area contributed by atoms with Crippen LogP contribution in [-0.2, 0) is 29.0 Å². The van der Waals surface area contributed by atoms with Crippen LogP contribution >= 0.6 is 12.4 Å². The molecule has 0 bridgehead atoms. The molecule has 28 heavy (non-hydrogen) atoms. The third-order valence-corrected chi connectivity index (χ3v) is 4.49. The van der Waals surface area contributed by atoms with Gasteiger partial charge in [-0.05, 0) is 24.1 Å². The maximum absolute atomic E-state index is 12.6. The van der Waals surface area contributed by atoms with Crippen molar-refractivity contribution in [1.29, 1.82) is 0 Å². The van der Waals surface area contributed by atoms with E-state index in [4.69, 9.17) is 9.47 Å². The second kappa shape index (κ2) is 11.8. The number of rotatable bonds is 10. The first-order valence-corrected chi connectivity index (χ1v) is 9.60. The predicted molar refractivity (Wildman–Crippen MR) is 111 cm³/mol. The summed E-state index contributed by atoms with van der Waals surface area (Å²) >= 11 is 0. The quantitative estimate of drug-likeness (QED) is 0.526. The first kappa shape index (κ1) is 22.4. The number of aromatic nitrogens is 2. The minimum atomic E-state index is -0.196. The number of halogens is 1. The van der Waals surface area contributed by atoms with Gasteiger partial charge in [-0.3, -0.25) is 9.89 Å². The van der Waals surface area contributed by atoms with Crippen LogP contribution in [0.3, 0.4) is 0 Å². The Balaban J connectivity index is 0.00000280. The SMILES string of the molecule is CCCCOCCOCc1cccc(NC(=O)c2n[nH]c3c2CNCC3)c1.Cl. The van der Waals surface area contributed by atoms with E-state index >= 15 is 0 Å². The number of nitrogens with zero attached hydrogens (tertiary/aromatic N) is 1. The zero-order chi connectivity index (χ0) is 18.9. The Hall–Kier alpha value is -1.93. The number of nitrogens with one attached hydrogen (secondary N) is 3. The van der Waals surface area contributed by atoms with Gasteiger partial charge in [0, 0.05) is 43.1 Å². The summed E-state index contributed by atoms with van der Waals surface area (Å²) in [6.45, 7) is 6.16. The number of ether oxygens (including phenoxy) is 2. The summed E-state index contributed by atoms with van der Waals surface area (Å²) < 4.78 is 11.1. The highest BCUT2D eigenvalue weighted by molar-refractivity contribution is 6.04. The lowest BCUT2D eigenvalue weighted by molar-refractivity contribution is 0.0397. The summed E-state index contributed by atoms with van der Waals surface area (Å²) in [4.78, 5) is 12.6. The number of H-pyrrole nitrogens is 1. The molecule has 0 unspecified atom stereocenters. The number of hydrogen-bond donors (Lipinski definition) is 3. The van der Waals surface area contributed by atoms with Crippen molar-refractivity contribution in [1.82, 2.24) is 15.5 Å². The molecule has 0 saturated carbocycles. The van der Waals surface area contributed by atoms with Gasteiger partial charge in [0.2, 0.25) is 0 Å². The minimum Gasteiger partial charge on any atom is -0.379 e. The highest BCUT2D eigenvalue weighted by Crippen LogP contribution is 2.18. The molecule has 7 nitrogen and oxygen atoms in total. The van der Waals surface area contributed by atoms with Crippen molar-refractivity contribution in [2.24, 2.45) is 0 Å². The van der Waals surface area contributed by atoms with Crippen molar-refractivity contribution in [2.75, 3.05) is 31.7 Å². The number of fused-ring (bicyclic) bond motifs is 1. The van der Waals surface area contributed by atoms with Gasteiger partial charge in [0.1, 0.15) is 0 Å². The molecule has 0 spiro atoms. The highest BCUT2D eigenvalue weighted by Gasteiger charge is 2.21. The molecule has 0 saturated heterocycles. The number of benzene rings is 1. The van der Waals surface area contributed by atoms with Gasteiger partial charge in [-0.1, -0.05) is 25.5 Å². The Bertz CT molecular complexity index is 751. The first-order valence-electron chi connectivity index (χ1n) is 9.60. The van der Waals surface area contributed by atoms with Crippen LogP contribution in [0, 0.1) is 0 Å². The van der Waals surface area contributed by atoms with Crippen molar-refractivity contribution in [2.45, 2.75) is 39.3 Å². The Morgan fingerprint density at radius 2 is 2.11 bits per heavy atom. The number of anilines is 1. The van der Waals surface area contributed by atoms with Gasteiger partial charge in [-0.15, -0.1) is 12.4 Å². The predicted octanol–water partition coefficient (Wildman–Crippen LogP) is 3.06. The summed E-state index contributed by atoms with van der Waals surface area (Å²) in [6.07, 6.45) is 3.08. The van der Waals surface area contributed by atoms with Crippen LogP contribution in [0.15, 0.2) is 24.3 Å². The van der Waals surface area contributed by atoms with Crippen LogP contribution in [0.1, 0.15) is 47.1 Å². The van der Waals surface area contributed by atoms with Gasteiger partial charge in [-0.25, -0.2) is 0 Å². The summed E-state index contributed by atoms with van der Waals surface area (Å²) in [5.41, 5.74) is 4.21. The van der Waals surface area contributed by atoms with E-state index < -0.39 is 0 Å². The molecule has 0 aliphatic carbocycles. The lowest BCUT2D eigenvalue weighted by Gasteiger charge is -2.13. The molecule has 1 aliphatic heterocycles. The molecule has 0 fully saturated rings. The summed E-state index contributed by atoms with van der Waals surface area (Å²) in [6, 6.07) is 7.68. The van der Waals surface area contributed by atoms with Crippen LogP contribution in [0.5, 0.6) is 0 Å². The second-order valence-electron chi connectivity index (χ2n) is 6.63. The maximum atomic E-state index is 12.6. The molecule has 154 valence electrons. The molecule has 8 heteroatoms. The van der Waals surface area contributed by atoms with Gasteiger partial charge in [-0.2, -0.15) is 5.10 Å². The number of hydrogen-bond acceptors (Lipinski definition) is 5. The van der Waals surface area contributed by atoms with Crippen molar-refractivity contribution in [3.05, 3.63) is 46.8 Å². The topological polar surface area (TPSA) is 88.3 Å². The molecule has 1 amide bonds. The molecular formula is C20H29ClN4O3. The van der Waals surface area contributed by atoms with E-state index in [1.165, 1.54) is 0 Å². The monoisotopic (exact) mass is 408 g/mol. The fourth-order valence-corrected chi connectivity index (χ4v) is 3.00. The Morgan fingerprint density at radius 3 is 2.96 bits per heavy atom. The van der Waals surface area contributed by atoms with E-state index in [0.717, 1.165) is 54.9 Å². The zero-order valence-electron chi connectivity index (χ0n) is 16.3. The number of aromatic amines is 1. The fourth-order valence-electron chi connectivity index (χ4n) is 3.00. The van der Waals surface area contributed by atoms with Gasteiger partial charge in [0.15, 0.2) is 5.69 Å². The molecule has 3 rings (SSSR count). The molecule has 1 aromatic heterocycles. The summed E-state index contributed by atoms with van der Waals surface area (Å²) in [7, 11) is 0. The third-order valence-electron chi connectivity index (χ3n) is 4.49. The van der Waals surface area contributed by atoms with Crippen LogP contribution in [-0.4, -0.2) is 42.5 Å². The number of unbranched alkanes of at least 4 members (excludes halogenated alkanes) is 1. The van der Waals surface area contributed by atoms with E-state index in [1.54, 1.807) is 0 Å². The van der Waals surface area contributed by atoms with E-state index in [2.05, 4.69) is 27.8 Å². The average Bonchev–Trinajstić information content (AvgIpc) is 3.12. The lowest BCUT2D eigenvalue weighted by atomic mass is 10.1. The van der Waals surface area contributed by atoms with E-state index in [9.17, 15) is 4.79 Å². The molecule has 1 aliphatic rings. The molecule has 0 atom stereocenters. The number of carbonyl (C=O) groups is 1. The molecule has 1 aromatic carbocycles. The van der Waals surface area contributed by atoms with Crippen LogP contribution in [0.25, 0.3) is 0 Å². The lowest BCUT2D eigenvalue weighted by Crippen LogP contribution is -2.25. The average molecular weight is 409 g/mol. The van der Waals surface area contributed by atoms with Crippen molar-refractivity contribution < 1.29 is 14.3 Å². The summed E-state index contributed by atoms with van der Waals surface area (Å²) in [5, 5.41) is 13.4. The van der Waals surface area contributed by atoms with Crippen molar-refractivity contribution in [3.8, 4) is 0 Å². The maximum Gasteiger partial charge on any atom is 0.276 e. The smallest absolute Gasteiger partial charge is 0.276 e. The van der Waals surface area contributed by atoms with Gasteiger partial charge in [0.25, 0.3) is 5.91 Å². The molecular weight excluding hydrogens is 380 g/mol.